The second-order valence-electron chi connectivity index (χ2n) is 5.52. The lowest BCUT2D eigenvalue weighted by atomic mass is 9.92. The molecule has 1 heterocycles. The number of nitrogens with one attached hydrogen (secondary N) is 1. The van der Waals surface area contributed by atoms with Crippen LogP contribution in [0.4, 0.5) is 4.39 Å². The quantitative estimate of drug-likeness (QED) is 0.932. The van der Waals surface area contributed by atoms with Crippen LogP contribution in [0.1, 0.15) is 32.8 Å². The fraction of sp³-hybridized carbons (Fsp3) is 0.467. The summed E-state index contributed by atoms with van der Waals surface area (Å²) in [5, 5.41) is 3.13. The Bertz CT molecular complexity index is 593. The number of carbonyl (C=O) groups excluding carboxylic acids is 2. The van der Waals surface area contributed by atoms with Gasteiger partial charge in [-0.3, -0.25) is 9.59 Å². The molecule has 0 aliphatic carbocycles. The minimum atomic E-state index is -0.946. The van der Waals surface area contributed by atoms with E-state index in [4.69, 9.17) is 11.6 Å². The molecule has 6 heteroatoms. The second kappa shape index (κ2) is 5.64. The second-order valence-corrected chi connectivity index (χ2v) is 5.96. The summed E-state index contributed by atoms with van der Waals surface area (Å²) in [4.78, 5) is 26.0. The number of benzene rings is 1. The van der Waals surface area contributed by atoms with Gasteiger partial charge in [0.1, 0.15) is 17.4 Å². The van der Waals surface area contributed by atoms with Crippen LogP contribution in [0, 0.1) is 5.82 Å². The average molecular weight is 313 g/mol. The minimum absolute atomic E-state index is 0.0232. The summed E-state index contributed by atoms with van der Waals surface area (Å²) in [7, 11) is 0. The van der Waals surface area contributed by atoms with E-state index >= 15 is 0 Å². The summed E-state index contributed by atoms with van der Waals surface area (Å²) in [5.41, 5.74) is -0.644. The smallest absolute Gasteiger partial charge is 0.249 e. The Balaban J connectivity index is 2.34. The molecule has 2 rings (SSSR count). The normalized spacial score (nSPS) is 26.0. The standard InChI is InChI=1S/C15H18ClFN2O2/c1-4-15(3)14(21)19(9(2)13(20)18-15)8-10-7-11(16)5-6-12(10)17/h5-7,9H,4,8H2,1-3H3,(H,18,20). The molecule has 1 fully saturated rings. The molecule has 0 bridgehead atoms. The van der Waals surface area contributed by atoms with Crippen molar-refractivity contribution >= 4 is 23.4 Å². The predicted molar refractivity (Wildman–Crippen MR) is 78.3 cm³/mol. The van der Waals surface area contributed by atoms with Gasteiger partial charge in [-0.05, 0) is 38.5 Å². The van der Waals surface area contributed by atoms with E-state index in [0.717, 1.165) is 0 Å². The van der Waals surface area contributed by atoms with Crippen LogP contribution in [0.2, 0.25) is 5.02 Å². The van der Waals surface area contributed by atoms with Crippen molar-refractivity contribution in [2.24, 2.45) is 0 Å². The number of amides is 2. The first-order valence-corrected chi connectivity index (χ1v) is 7.23. The van der Waals surface area contributed by atoms with Gasteiger partial charge in [-0.25, -0.2) is 4.39 Å². The van der Waals surface area contributed by atoms with Crippen molar-refractivity contribution in [1.82, 2.24) is 10.2 Å². The molecule has 2 atom stereocenters. The van der Waals surface area contributed by atoms with E-state index in [0.29, 0.717) is 17.0 Å². The first-order valence-electron chi connectivity index (χ1n) is 6.85. The molecule has 1 aromatic carbocycles. The third-order valence-corrected chi connectivity index (χ3v) is 4.27. The molecular formula is C15H18ClFN2O2. The van der Waals surface area contributed by atoms with Gasteiger partial charge in [-0.15, -0.1) is 0 Å². The van der Waals surface area contributed by atoms with E-state index in [1.54, 1.807) is 13.8 Å². The molecule has 1 aliphatic rings. The van der Waals surface area contributed by atoms with Gasteiger partial charge in [-0.1, -0.05) is 18.5 Å². The lowest BCUT2D eigenvalue weighted by Crippen LogP contribution is -2.68. The Hall–Kier alpha value is -1.62. The number of carbonyl (C=O) groups is 2. The minimum Gasteiger partial charge on any atom is -0.340 e. The molecule has 2 amide bonds. The molecule has 2 unspecified atom stereocenters. The highest BCUT2D eigenvalue weighted by Crippen LogP contribution is 2.25. The van der Waals surface area contributed by atoms with Crippen LogP contribution in [0.3, 0.4) is 0 Å². The van der Waals surface area contributed by atoms with E-state index in [2.05, 4.69) is 5.32 Å². The highest BCUT2D eigenvalue weighted by atomic mass is 35.5. The molecule has 1 saturated heterocycles. The molecule has 1 aliphatic heterocycles. The monoisotopic (exact) mass is 312 g/mol. The lowest BCUT2D eigenvalue weighted by molar-refractivity contribution is -0.154. The summed E-state index contributed by atoms with van der Waals surface area (Å²) >= 11 is 5.87. The number of piperazine rings is 1. The number of halogens is 2. The van der Waals surface area contributed by atoms with Crippen LogP contribution in [-0.4, -0.2) is 28.3 Å². The van der Waals surface area contributed by atoms with E-state index in [1.807, 2.05) is 6.92 Å². The number of hydrogen-bond acceptors (Lipinski definition) is 2. The Morgan fingerprint density at radius 3 is 2.71 bits per heavy atom. The van der Waals surface area contributed by atoms with Gasteiger partial charge in [0.15, 0.2) is 0 Å². The van der Waals surface area contributed by atoms with Crippen molar-refractivity contribution in [3.63, 3.8) is 0 Å². The van der Waals surface area contributed by atoms with Crippen molar-refractivity contribution in [2.75, 3.05) is 0 Å². The van der Waals surface area contributed by atoms with Crippen LogP contribution in [0.15, 0.2) is 18.2 Å². The van der Waals surface area contributed by atoms with E-state index in [9.17, 15) is 14.0 Å². The maximum atomic E-state index is 13.9. The fourth-order valence-corrected chi connectivity index (χ4v) is 2.56. The molecule has 0 spiro atoms. The molecule has 4 nitrogen and oxygen atoms in total. The summed E-state index contributed by atoms with van der Waals surface area (Å²) < 4.78 is 13.9. The van der Waals surface area contributed by atoms with Crippen LogP contribution >= 0.6 is 11.6 Å². The van der Waals surface area contributed by atoms with E-state index in [1.165, 1.54) is 23.1 Å². The van der Waals surface area contributed by atoms with Gasteiger partial charge in [0.2, 0.25) is 11.8 Å². The molecule has 21 heavy (non-hydrogen) atoms. The van der Waals surface area contributed by atoms with Gasteiger partial charge in [0.05, 0.1) is 0 Å². The Kier molecular flexibility index (Phi) is 4.23. The SMILES string of the molecule is CCC1(C)NC(=O)C(C)N(Cc2cc(Cl)ccc2F)C1=O. The first-order chi connectivity index (χ1) is 9.78. The molecule has 114 valence electrons. The largest absolute Gasteiger partial charge is 0.340 e. The molecule has 0 aromatic heterocycles. The fourth-order valence-electron chi connectivity index (χ4n) is 2.36. The Morgan fingerprint density at radius 2 is 2.10 bits per heavy atom. The first kappa shape index (κ1) is 15.8. The number of nitrogens with zero attached hydrogens (tertiary/aromatic N) is 1. The number of rotatable bonds is 3. The van der Waals surface area contributed by atoms with Gasteiger partial charge >= 0.3 is 0 Å². The third-order valence-electron chi connectivity index (χ3n) is 4.03. The summed E-state index contributed by atoms with van der Waals surface area (Å²) in [6, 6.07) is 3.54. The third kappa shape index (κ3) is 2.88. The highest BCUT2D eigenvalue weighted by molar-refractivity contribution is 6.30. The van der Waals surface area contributed by atoms with Crippen molar-refractivity contribution < 1.29 is 14.0 Å². The van der Waals surface area contributed by atoms with Crippen molar-refractivity contribution in [3.8, 4) is 0 Å². The zero-order chi connectivity index (χ0) is 15.8. The van der Waals surface area contributed by atoms with Crippen LogP contribution in [0.5, 0.6) is 0 Å². The van der Waals surface area contributed by atoms with Gasteiger partial charge in [0, 0.05) is 17.1 Å². The maximum absolute atomic E-state index is 13.9. The Labute approximate surface area is 128 Å². The summed E-state index contributed by atoms with van der Waals surface area (Å²) in [6.45, 7) is 5.16. The number of hydrogen-bond donors (Lipinski definition) is 1. The predicted octanol–water partition coefficient (Wildman–Crippen LogP) is 2.49. The molecule has 0 saturated carbocycles. The lowest BCUT2D eigenvalue weighted by Gasteiger charge is -2.43. The van der Waals surface area contributed by atoms with Crippen molar-refractivity contribution in [3.05, 3.63) is 34.6 Å². The Morgan fingerprint density at radius 1 is 1.43 bits per heavy atom. The molecule has 0 radical (unpaired) electrons. The molecule has 1 N–H and O–H groups in total. The van der Waals surface area contributed by atoms with Crippen LogP contribution in [0.25, 0.3) is 0 Å². The molecular weight excluding hydrogens is 295 g/mol. The van der Waals surface area contributed by atoms with Crippen molar-refractivity contribution in [2.45, 2.75) is 45.3 Å². The van der Waals surface area contributed by atoms with Crippen LogP contribution in [-0.2, 0) is 16.1 Å². The topological polar surface area (TPSA) is 49.4 Å². The summed E-state index contributed by atoms with van der Waals surface area (Å²) in [6.07, 6.45) is 0.471. The van der Waals surface area contributed by atoms with Gasteiger partial charge < -0.3 is 10.2 Å². The highest BCUT2D eigenvalue weighted by Gasteiger charge is 2.45. The average Bonchev–Trinajstić information content (AvgIpc) is 2.45. The summed E-state index contributed by atoms with van der Waals surface area (Å²) in [5.74, 6) is -0.888. The van der Waals surface area contributed by atoms with Gasteiger partial charge in [-0.2, -0.15) is 0 Å². The van der Waals surface area contributed by atoms with E-state index < -0.39 is 17.4 Å². The van der Waals surface area contributed by atoms with Gasteiger partial charge in [0.25, 0.3) is 0 Å². The van der Waals surface area contributed by atoms with Crippen molar-refractivity contribution in [1.29, 1.82) is 0 Å². The zero-order valence-corrected chi connectivity index (χ0v) is 13.0. The zero-order valence-electron chi connectivity index (χ0n) is 12.2. The van der Waals surface area contributed by atoms with Crippen LogP contribution < -0.4 is 5.32 Å². The maximum Gasteiger partial charge on any atom is 0.249 e. The van der Waals surface area contributed by atoms with E-state index in [-0.39, 0.29) is 18.4 Å². The molecule has 1 aromatic rings.